The Morgan fingerprint density at radius 3 is 2.34 bits per heavy atom. The maximum Gasteiger partial charge on any atom is 0.420 e. The van der Waals surface area contributed by atoms with Crippen molar-refractivity contribution in [1.82, 2.24) is 14.4 Å². The topological polar surface area (TPSA) is 87.5 Å². The van der Waals surface area contributed by atoms with E-state index in [2.05, 4.69) is 17.0 Å². The molecule has 1 N–H and O–H groups in total. The van der Waals surface area contributed by atoms with Crippen LogP contribution in [-0.2, 0) is 36.8 Å². The molecule has 4 aromatic carbocycles. The molecule has 2 amide bonds. The Kier molecular flexibility index (Phi) is 12.1. The monoisotopic (exact) mass is 834 g/mol. The third kappa shape index (κ3) is 8.16. The maximum absolute atomic E-state index is 15.0. The molecule has 3 aliphatic rings. The first-order valence-electron chi connectivity index (χ1n) is 19.1. The van der Waals surface area contributed by atoms with Gasteiger partial charge in [0.05, 0.1) is 37.1 Å². The summed E-state index contributed by atoms with van der Waals surface area (Å²) in [7, 11) is 1.16. The van der Waals surface area contributed by atoms with Crippen LogP contribution in [0.25, 0.3) is 11.3 Å². The van der Waals surface area contributed by atoms with Crippen LogP contribution in [0.1, 0.15) is 55.9 Å². The number of aromatic nitrogens is 1. The molecule has 3 aliphatic heterocycles. The molecule has 58 heavy (non-hydrogen) atoms. The van der Waals surface area contributed by atoms with Gasteiger partial charge in [0.2, 0.25) is 0 Å². The van der Waals surface area contributed by atoms with Crippen LogP contribution in [-0.4, -0.2) is 77.3 Å². The van der Waals surface area contributed by atoms with Gasteiger partial charge in [0.25, 0.3) is 11.8 Å². The Morgan fingerprint density at radius 2 is 1.62 bits per heavy atom. The second-order valence-corrected chi connectivity index (χ2v) is 15.1. The highest BCUT2D eigenvalue weighted by Crippen LogP contribution is 2.42. The Hall–Kier alpha value is -5.01. The zero-order valence-electron chi connectivity index (χ0n) is 31.8. The molecule has 1 aromatic heterocycles. The predicted molar refractivity (Wildman–Crippen MR) is 219 cm³/mol. The first-order valence-corrected chi connectivity index (χ1v) is 19.5. The summed E-state index contributed by atoms with van der Waals surface area (Å²) in [6.07, 6.45) is -1.90. The van der Waals surface area contributed by atoms with Crippen molar-refractivity contribution < 1.29 is 37.3 Å². The third-order valence-corrected chi connectivity index (χ3v) is 11.5. The largest absolute Gasteiger partial charge is 0.508 e. The average Bonchev–Trinajstić information content (AvgIpc) is 3.61. The van der Waals surface area contributed by atoms with E-state index in [0.29, 0.717) is 73.2 Å². The highest BCUT2D eigenvalue weighted by atomic mass is 35.5. The molecule has 9 nitrogen and oxygen atoms in total. The van der Waals surface area contributed by atoms with Gasteiger partial charge in [-0.05, 0) is 104 Å². The average molecular weight is 836 g/mol. The van der Waals surface area contributed by atoms with Crippen LogP contribution in [0, 0.1) is 0 Å². The fraction of sp³-hybridized carbons (Fsp3) is 0.318. The molecule has 14 heteroatoms. The third-order valence-electron chi connectivity index (χ3n) is 11.2. The second kappa shape index (κ2) is 17.1. The number of methoxy groups -OCH3 is 1. The van der Waals surface area contributed by atoms with Gasteiger partial charge >= 0.3 is 6.18 Å². The molecule has 0 unspecified atom stereocenters. The van der Waals surface area contributed by atoms with Gasteiger partial charge in [0.1, 0.15) is 11.5 Å². The minimum absolute atomic E-state index is 0. The molecule has 1 saturated heterocycles. The fourth-order valence-electron chi connectivity index (χ4n) is 8.39. The number of aromatic hydroxyl groups is 1. The SMILES string of the molecule is COc1ccc(N(C(=O)c2cc(-c3cc(Cl)ccc3C(=O)N3Cc4ccccc4C[C@H]3CN3CCOCC3)n3c2CCCC3)c2ccc(O)cc2)cc1C(F)(F)F.Cl. The molecule has 5 aromatic rings. The van der Waals surface area contributed by atoms with Crippen molar-refractivity contribution >= 4 is 47.2 Å². The number of fused-ring (bicyclic) bond motifs is 2. The zero-order valence-corrected chi connectivity index (χ0v) is 33.4. The van der Waals surface area contributed by atoms with E-state index >= 15 is 0 Å². The van der Waals surface area contributed by atoms with E-state index in [4.69, 9.17) is 21.1 Å². The number of alkyl halides is 3. The lowest BCUT2D eigenvalue weighted by atomic mass is 9.92. The molecule has 0 spiro atoms. The lowest BCUT2D eigenvalue weighted by molar-refractivity contribution is -0.138. The number of phenols is 1. The normalized spacial score (nSPS) is 16.8. The second-order valence-electron chi connectivity index (χ2n) is 14.7. The van der Waals surface area contributed by atoms with Crippen molar-refractivity contribution in [2.45, 2.75) is 51.0 Å². The van der Waals surface area contributed by atoms with Crippen molar-refractivity contribution in [3.63, 3.8) is 0 Å². The van der Waals surface area contributed by atoms with Crippen LogP contribution in [0.5, 0.6) is 11.5 Å². The Morgan fingerprint density at radius 1 is 0.897 bits per heavy atom. The van der Waals surface area contributed by atoms with Crippen LogP contribution < -0.4 is 9.64 Å². The number of ether oxygens (including phenoxy) is 2. The van der Waals surface area contributed by atoms with Gasteiger partial charge < -0.3 is 24.0 Å². The Labute approximate surface area is 345 Å². The number of halogens is 5. The Balaban J connectivity index is 0.00000512. The number of hydrogen-bond acceptors (Lipinski definition) is 6. The van der Waals surface area contributed by atoms with Crippen LogP contribution in [0.15, 0.2) is 91.0 Å². The molecule has 1 atom stereocenters. The molecule has 0 bridgehead atoms. The van der Waals surface area contributed by atoms with Gasteiger partial charge in [-0.1, -0.05) is 35.9 Å². The van der Waals surface area contributed by atoms with Crippen LogP contribution in [0.2, 0.25) is 5.02 Å². The highest BCUT2D eigenvalue weighted by Gasteiger charge is 2.37. The molecule has 0 aliphatic carbocycles. The van der Waals surface area contributed by atoms with E-state index < -0.39 is 17.6 Å². The maximum atomic E-state index is 15.0. The summed E-state index contributed by atoms with van der Waals surface area (Å²) in [6.45, 7) is 4.56. The van der Waals surface area contributed by atoms with E-state index in [1.165, 1.54) is 46.9 Å². The molecule has 304 valence electrons. The fourth-order valence-corrected chi connectivity index (χ4v) is 8.56. The summed E-state index contributed by atoms with van der Waals surface area (Å²) in [5, 5.41) is 10.5. The van der Waals surface area contributed by atoms with E-state index in [0.717, 1.165) is 44.7 Å². The van der Waals surface area contributed by atoms with Crippen molar-refractivity contribution in [1.29, 1.82) is 0 Å². The number of anilines is 2. The zero-order chi connectivity index (χ0) is 39.8. The molecular weight excluding hydrogens is 792 g/mol. The summed E-state index contributed by atoms with van der Waals surface area (Å²) in [5.41, 5.74) is 4.13. The summed E-state index contributed by atoms with van der Waals surface area (Å²) < 4.78 is 55.6. The van der Waals surface area contributed by atoms with Crippen molar-refractivity contribution in [3.05, 3.63) is 130 Å². The number of rotatable bonds is 8. The number of morpholine rings is 1. The van der Waals surface area contributed by atoms with E-state index in [9.17, 15) is 27.9 Å². The van der Waals surface area contributed by atoms with Crippen LogP contribution in [0.3, 0.4) is 0 Å². The predicted octanol–water partition coefficient (Wildman–Crippen LogP) is 9.18. The standard InChI is InChI=1S/C44H42ClF3N4O5.ClH/c1-56-41-16-12-32(24-38(41)44(46,47)48)52(31-10-13-34(53)14-11-31)43(55)37-25-40(50-17-5-4-8-39(37)50)36-23-30(45)9-15-35(36)42(54)51-26-29-7-3-2-6-28(29)22-33(51)27-49-18-20-57-21-19-49;/h2-3,6-7,9-16,23-25,33,53H,4-5,8,17-22,26-27H2,1H3;1H/t33-;/m0./s1. The van der Waals surface area contributed by atoms with Gasteiger partial charge in [-0.2, -0.15) is 13.2 Å². The number of hydrogen-bond donors (Lipinski definition) is 1. The van der Waals surface area contributed by atoms with Crippen LogP contribution in [0.4, 0.5) is 24.5 Å². The van der Waals surface area contributed by atoms with Gasteiger partial charge in [-0.15, -0.1) is 12.4 Å². The van der Waals surface area contributed by atoms with Gasteiger partial charge in [-0.3, -0.25) is 19.4 Å². The molecular formula is C44H43Cl2F3N4O5. The number of phenolic OH excluding ortho intramolecular Hbond substituents is 1. The first kappa shape index (κ1) is 41.2. The molecule has 0 saturated carbocycles. The molecule has 0 radical (unpaired) electrons. The molecule has 4 heterocycles. The van der Waals surface area contributed by atoms with Gasteiger partial charge in [-0.25, -0.2) is 0 Å². The van der Waals surface area contributed by atoms with Crippen molar-refractivity contribution in [3.8, 4) is 22.8 Å². The summed E-state index contributed by atoms with van der Waals surface area (Å²) in [6, 6.07) is 24.2. The van der Waals surface area contributed by atoms with E-state index in [1.807, 2.05) is 21.6 Å². The first-order chi connectivity index (χ1) is 27.5. The number of carbonyl (C=O) groups is 2. The molecule has 8 rings (SSSR count). The van der Waals surface area contributed by atoms with E-state index in [-0.39, 0.29) is 52.8 Å². The lowest BCUT2D eigenvalue weighted by Crippen LogP contribution is -2.52. The van der Waals surface area contributed by atoms with Crippen LogP contribution >= 0.6 is 24.0 Å². The highest BCUT2D eigenvalue weighted by molar-refractivity contribution is 6.31. The van der Waals surface area contributed by atoms with E-state index in [1.54, 1.807) is 24.3 Å². The number of nitrogens with zero attached hydrogens (tertiary/aromatic N) is 4. The summed E-state index contributed by atoms with van der Waals surface area (Å²) in [4.78, 5) is 35.5. The lowest BCUT2D eigenvalue weighted by Gasteiger charge is -2.40. The minimum Gasteiger partial charge on any atom is -0.508 e. The quantitative estimate of drug-likeness (QED) is 0.168. The van der Waals surface area contributed by atoms with Crippen molar-refractivity contribution in [2.24, 2.45) is 0 Å². The number of amides is 2. The minimum atomic E-state index is -4.76. The van der Waals surface area contributed by atoms with Gasteiger partial charge in [0.15, 0.2) is 0 Å². The number of carbonyl (C=O) groups excluding carboxylic acids is 2. The smallest absolute Gasteiger partial charge is 0.420 e. The van der Waals surface area contributed by atoms with Gasteiger partial charge in [0, 0.05) is 72.0 Å². The summed E-state index contributed by atoms with van der Waals surface area (Å²) >= 11 is 6.68. The Bertz CT molecular complexity index is 2310. The summed E-state index contributed by atoms with van der Waals surface area (Å²) in [5.74, 6) is -1.17. The number of benzene rings is 4. The molecule has 1 fully saturated rings. The van der Waals surface area contributed by atoms with Crippen molar-refractivity contribution in [2.75, 3.05) is 44.9 Å².